The number of piperidine rings is 1. The largest absolute Gasteiger partial charge is 0.351 e. The van der Waals surface area contributed by atoms with E-state index < -0.39 is 0 Å². The maximum atomic E-state index is 12.2. The Morgan fingerprint density at radius 2 is 2.19 bits per heavy atom. The summed E-state index contributed by atoms with van der Waals surface area (Å²) in [4.78, 5) is 25.8. The number of nitrogens with zero attached hydrogens (tertiary/aromatic N) is 1. The highest BCUT2D eigenvalue weighted by Gasteiger charge is 2.28. The summed E-state index contributed by atoms with van der Waals surface area (Å²) in [5.74, 6) is -0.114. The van der Waals surface area contributed by atoms with Crippen molar-refractivity contribution >= 4 is 24.2 Å². The van der Waals surface area contributed by atoms with Crippen molar-refractivity contribution in [3.63, 3.8) is 0 Å². The first-order valence-corrected chi connectivity index (χ1v) is 7.11. The summed E-state index contributed by atoms with van der Waals surface area (Å²) in [7, 11) is 0. The van der Waals surface area contributed by atoms with Gasteiger partial charge in [-0.1, -0.05) is 18.2 Å². The Balaban J connectivity index is 0.00000161. The molecular formula is C15H20ClN3O2. The molecule has 1 atom stereocenters. The number of carbonyl (C=O) groups is 2. The van der Waals surface area contributed by atoms with Crippen molar-refractivity contribution in [3.8, 4) is 0 Å². The van der Waals surface area contributed by atoms with E-state index in [4.69, 9.17) is 0 Å². The lowest BCUT2D eigenvalue weighted by Gasteiger charge is -2.25. The summed E-state index contributed by atoms with van der Waals surface area (Å²) in [5.41, 5.74) is 1.73. The maximum Gasteiger partial charge on any atom is 0.254 e. The van der Waals surface area contributed by atoms with Gasteiger partial charge in [0.15, 0.2) is 0 Å². The molecule has 114 valence electrons. The third kappa shape index (κ3) is 3.54. The van der Waals surface area contributed by atoms with E-state index in [1.54, 1.807) is 4.90 Å². The van der Waals surface area contributed by atoms with Crippen LogP contribution < -0.4 is 10.6 Å². The summed E-state index contributed by atoms with van der Waals surface area (Å²) in [5, 5.41) is 6.26. The van der Waals surface area contributed by atoms with Crippen molar-refractivity contribution < 1.29 is 9.59 Å². The van der Waals surface area contributed by atoms with Crippen LogP contribution in [0.1, 0.15) is 28.8 Å². The lowest BCUT2D eigenvalue weighted by Crippen LogP contribution is -2.48. The van der Waals surface area contributed by atoms with Crippen LogP contribution in [0.4, 0.5) is 0 Å². The Hall–Kier alpha value is -1.59. The normalized spacial score (nSPS) is 20.7. The van der Waals surface area contributed by atoms with Crippen LogP contribution in [0.2, 0.25) is 0 Å². The fraction of sp³-hybridized carbons (Fsp3) is 0.467. The van der Waals surface area contributed by atoms with Crippen molar-refractivity contribution in [2.24, 2.45) is 0 Å². The zero-order chi connectivity index (χ0) is 13.9. The first-order valence-electron chi connectivity index (χ1n) is 7.11. The Kier molecular flexibility index (Phi) is 5.20. The number of halogens is 1. The van der Waals surface area contributed by atoms with Crippen LogP contribution in [0.25, 0.3) is 0 Å². The number of benzene rings is 1. The fourth-order valence-electron chi connectivity index (χ4n) is 2.86. The standard InChI is InChI=1S/C15H19N3O2.ClH/c19-14(17-12-5-3-7-16-8-12)10-18-9-11-4-1-2-6-13(11)15(18)20;/h1-2,4,6,12,16H,3,5,7-10H2,(H,17,19);1H/t12-;/m0./s1. The summed E-state index contributed by atoms with van der Waals surface area (Å²) in [6.45, 7) is 2.52. The second kappa shape index (κ2) is 6.91. The third-order valence-corrected chi connectivity index (χ3v) is 3.89. The molecule has 0 aliphatic carbocycles. The maximum absolute atomic E-state index is 12.2. The van der Waals surface area contributed by atoms with Gasteiger partial charge in [-0.05, 0) is 31.0 Å². The molecule has 1 fully saturated rings. The van der Waals surface area contributed by atoms with Gasteiger partial charge in [0, 0.05) is 24.7 Å². The van der Waals surface area contributed by atoms with E-state index in [1.165, 1.54) is 0 Å². The Morgan fingerprint density at radius 1 is 1.38 bits per heavy atom. The molecule has 3 rings (SSSR count). The minimum absolute atomic E-state index is 0. The lowest BCUT2D eigenvalue weighted by molar-refractivity contribution is -0.122. The molecule has 2 heterocycles. The highest BCUT2D eigenvalue weighted by atomic mass is 35.5. The molecule has 2 aliphatic heterocycles. The molecule has 2 N–H and O–H groups in total. The molecule has 0 saturated carbocycles. The summed E-state index contributed by atoms with van der Waals surface area (Å²) in [6.07, 6.45) is 2.09. The van der Waals surface area contributed by atoms with E-state index in [-0.39, 0.29) is 36.8 Å². The van der Waals surface area contributed by atoms with Crippen molar-refractivity contribution in [2.75, 3.05) is 19.6 Å². The number of rotatable bonds is 3. The molecule has 2 amide bonds. The molecule has 0 radical (unpaired) electrons. The van der Waals surface area contributed by atoms with Crippen LogP contribution in [-0.4, -0.2) is 42.4 Å². The van der Waals surface area contributed by atoms with E-state index in [9.17, 15) is 9.59 Å². The quantitative estimate of drug-likeness (QED) is 0.873. The number of hydrogen-bond donors (Lipinski definition) is 2. The van der Waals surface area contributed by atoms with Crippen LogP contribution in [0.3, 0.4) is 0 Å². The monoisotopic (exact) mass is 309 g/mol. The number of carbonyl (C=O) groups excluding carboxylic acids is 2. The van der Waals surface area contributed by atoms with Crippen LogP contribution in [0.15, 0.2) is 24.3 Å². The summed E-state index contributed by atoms with van der Waals surface area (Å²) >= 11 is 0. The molecule has 0 aromatic heterocycles. The minimum Gasteiger partial charge on any atom is -0.351 e. The molecule has 0 bridgehead atoms. The molecule has 0 unspecified atom stereocenters. The van der Waals surface area contributed by atoms with Crippen molar-refractivity contribution in [1.82, 2.24) is 15.5 Å². The van der Waals surface area contributed by atoms with Crippen LogP contribution in [0, 0.1) is 0 Å². The van der Waals surface area contributed by atoms with Gasteiger partial charge in [-0.25, -0.2) is 0 Å². The zero-order valence-corrected chi connectivity index (χ0v) is 12.6. The third-order valence-electron chi connectivity index (χ3n) is 3.89. The minimum atomic E-state index is -0.0696. The van der Waals surface area contributed by atoms with Gasteiger partial charge in [0.2, 0.25) is 5.91 Å². The van der Waals surface area contributed by atoms with Crippen LogP contribution >= 0.6 is 12.4 Å². The van der Waals surface area contributed by atoms with Gasteiger partial charge >= 0.3 is 0 Å². The average molecular weight is 310 g/mol. The smallest absolute Gasteiger partial charge is 0.254 e. The zero-order valence-electron chi connectivity index (χ0n) is 11.8. The van der Waals surface area contributed by atoms with Crippen molar-refractivity contribution in [1.29, 1.82) is 0 Å². The van der Waals surface area contributed by atoms with Crippen molar-refractivity contribution in [2.45, 2.75) is 25.4 Å². The molecule has 6 heteroatoms. The van der Waals surface area contributed by atoms with E-state index >= 15 is 0 Å². The first-order chi connectivity index (χ1) is 9.74. The van der Waals surface area contributed by atoms with Crippen LogP contribution in [-0.2, 0) is 11.3 Å². The van der Waals surface area contributed by atoms with E-state index in [2.05, 4.69) is 10.6 Å². The summed E-state index contributed by atoms with van der Waals surface area (Å²) in [6, 6.07) is 7.73. The SMILES string of the molecule is Cl.O=C(CN1Cc2ccccc2C1=O)N[C@H]1CCCNC1. The average Bonchev–Trinajstić information content (AvgIpc) is 2.77. The molecule has 2 aliphatic rings. The van der Waals surface area contributed by atoms with E-state index in [0.29, 0.717) is 6.54 Å². The van der Waals surface area contributed by atoms with Crippen LogP contribution in [0.5, 0.6) is 0 Å². The Bertz CT molecular complexity index is 529. The molecule has 5 nitrogen and oxygen atoms in total. The second-order valence-electron chi connectivity index (χ2n) is 5.43. The van der Waals surface area contributed by atoms with Crippen molar-refractivity contribution in [3.05, 3.63) is 35.4 Å². The predicted octanol–water partition coefficient (Wildman–Crippen LogP) is 0.932. The highest BCUT2D eigenvalue weighted by Crippen LogP contribution is 2.21. The van der Waals surface area contributed by atoms with Gasteiger partial charge in [-0.3, -0.25) is 9.59 Å². The van der Waals surface area contributed by atoms with Gasteiger partial charge in [-0.15, -0.1) is 12.4 Å². The predicted molar refractivity (Wildman–Crippen MR) is 82.5 cm³/mol. The lowest BCUT2D eigenvalue weighted by atomic mass is 10.1. The number of nitrogens with one attached hydrogen (secondary N) is 2. The van der Waals surface area contributed by atoms with Gasteiger partial charge in [0.05, 0.1) is 0 Å². The van der Waals surface area contributed by atoms with Gasteiger partial charge < -0.3 is 15.5 Å². The van der Waals surface area contributed by atoms with E-state index in [0.717, 1.165) is 37.1 Å². The first kappa shape index (κ1) is 15.8. The fourth-order valence-corrected chi connectivity index (χ4v) is 2.86. The number of fused-ring (bicyclic) bond motifs is 1. The number of hydrogen-bond acceptors (Lipinski definition) is 3. The number of amides is 2. The van der Waals surface area contributed by atoms with Gasteiger partial charge in [0.1, 0.15) is 6.54 Å². The second-order valence-corrected chi connectivity index (χ2v) is 5.43. The molecular weight excluding hydrogens is 290 g/mol. The molecule has 1 aromatic carbocycles. The van der Waals surface area contributed by atoms with E-state index in [1.807, 2.05) is 24.3 Å². The molecule has 21 heavy (non-hydrogen) atoms. The topological polar surface area (TPSA) is 61.4 Å². The summed E-state index contributed by atoms with van der Waals surface area (Å²) < 4.78 is 0. The Labute approximate surface area is 130 Å². The molecule has 0 spiro atoms. The Morgan fingerprint density at radius 3 is 2.90 bits per heavy atom. The van der Waals surface area contributed by atoms with Gasteiger partial charge in [-0.2, -0.15) is 0 Å². The molecule has 1 saturated heterocycles. The highest BCUT2D eigenvalue weighted by molar-refractivity contribution is 6.00. The van der Waals surface area contributed by atoms with Gasteiger partial charge in [0.25, 0.3) is 5.91 Å². The molecule has 1 aromatic rings.